The number of benzene rings is 1. The summed E-state index contributed by atoms with van der Waals surface area (Å²) in [5.74, 6) is -0.679. The number of carbonyl (C=O) groups is 1. The summed E-state index contributed by atoms with van der Waals surface area (Å²) < 4.78 is 23.9. The molecule has 1 rings (SSSR count). The van der Waals surface area contributed by atoms with Gasteiger partial charge in [0, 0.05) is 0 Å². The number of sulfone groups is 1. The SMILES string of the molecule is CC(C)C[C@H](N)C(=O)CS(=O)(=O)c1ccccc1. The minimum Gasteiger partial charge on any atom is -0.321 e. The lowest BCUT2D eigenvalue weighted by Crippen LogP contribution is -2.36. The van der Waals surface area contributed by atoms with Crippen LogP contribution in [0.4, 0.5) is 0 Å². The Hall–Kier alpha value is -1.20. The summed E-state index contributed by atoms with van der Waals surface area (Å²) in [6, 6.07) is 7.25. The average molecular weight is 269 g/mol. The molecule has 0 aliphatic carbocycles. The van der Waals surface area contributed by atoms with Crippen LogP contribution in [0.5, 0.6) is 0 Å². The van der Waals surface area contributed by atoms with Crippen molar-refractivity contribution in [1.29, 1.82) is 0 Å². The van der Waals surface area contributed by atoms with Crippen molar-refractivity contribution in [3.05, 3.63) is 30.3 Å². The fourth-order valence-electron chi connectivity index (χ4n) is 1.64. The van der Waals surface area contributed by atoms with E-state index in [9.17, 15) is 13.2 Å². The molecule has 0 amide bonds. The van der Waals surface area contributed by atoms with Crippen LogP contribution >= 0.6 is 0 Å². The highest BCUT2D eigenvalue weighted by Crippen LogP contribution is 2.12. The summed E-state index contributed by atoms with van der Waals surface area (Å²) >= 11 is 0. The first kappa shape index (κ1) is 14.9. The first-order valence-electron chi connectivity index (χ1n) is 5.89. The van der Waals surface area contributed by atoms with E-state index in [4.69, 9.17) is 5.73 Å². The van der Waals surface area contributed by atoms with Gasteiger partial charge in [-0.3, -0.25) is 4.79 Å². The Labute approximate surface area is 108 Å². The van der Waals surface area contributed by atoms with E-state index < -0.39 is 27.4 Å². The van der Waals surface area contributed by atoms with Crippen molar-refractivity contribution in [1.82, 2.24) is 0 Å². The van der Waals surface area contributed by atoms with Gasteiger partial charge in [0.25, 0.3) is 0 Å². The van der Waals surface area contributed by atoms with Gasteiger partial charge in [-0.2, -0.15) is 0 Å². The Bertz CT molecular complexity index is 494. The summed E-state index contributed by atoms with van der Waals surface area (Å²) in [6.45, 7) is 3.89. The molecule has 0 spiro atoms. The van der Waals surface area contributed by atoms with Crippen LogP contribution < -0.4 is 5.73 Å². The lowest BCUT2D eigenvalue weighted by atomic mass is 10.0. The molecule has 0 unspecified atom stereocenters. The van der Waals surface area contributed by atoms with E-state index in [1.54, 1.807) is 18.2 Å². The molecular formula is C13H19NO3S. The van der Waals surface area contributed by atoms with Crippen LogP contribution in [0.15, 0.2) is 35.2 Å². The molecule has 5 heteroatoms. The van der Waals surface area contributed by atoms with Gasteiger partial charge in [0.1, 0.15) is 5.75 Å². The standard InChI is InChI=1S/C13H19NO3S/c1-10(2)8-12(14)13(15)9-18(16,17)11-6-4-3-5-7-11/h3-7,10,12H,8-9,14H2,1-2H3/t12-/m0/s1. The fourth-order valence-corrected chi connectivity index (χ4v) is 2.97. The third kappa shape index (κ3) is 4.23. The Morgan fingerprint density at radius 1 is 1.22 bits per heavy atom. The quantitative estimate of drug-likeness (QED) is 0.847. The molecule has 0 radical (unpaired) electrons. The van der Waals surface area contributed by atoms with Gasteiger partial charge in [0.05, 0.1) is 10.9 Å². The summed E-state index contributed by atoms with van der Waals surface area (Å²) in [7, 11) is -3.57. The molecule has 0 aliphatic heterocycles. The predicted octanol–water partition coefficient (Wildman–Crippen LogP) is 1.40. The molecule has 100 valence electrons. The highest BCUT2D eigenvalue weighted by molar-refractivity contribution is 7.92. The molecule has 1 aromatic carbocycles. The molecule has 2 N–H and O–H groups in total. The topological polar surface area (TPSA) is 77.2 Å². The maximum absolute atomic E-state index is 12.0. The zero-order chi connectivity index (χ0) is 13.8. The normalized spacial score (nSPS) is 13.6. The maximum atomic E-state index is 12.0. The van der Waals surface area contributed by atoms with Crippen LogP contribution in [0, 0.1) is 5.92 Å². The van der Waals surface area contributed by atoms with Gasteiger partial charge in [0.2, 0.25) is 0 Å². The number of ketones is 1. The van der Waals surface area contributed by atoms with Gasteiger partial charge in [-0.15, -0.1) is 0 Å². The highest BCUT2D eigenvalue weighted by Gasteiger charge is 2.23. The molecule has 1 aromatic rings. The van der Waals surface area contributed by atoms with Crippen LogP contribution in [0.2, 0.25) is 0 Å². The molecule has 0 saturated carbocycles. The van der Waals surface area contributed by atoms with Gasteiger partial charge in [-0.25, -0.2) is 8.42 Å². The first-order valence-corrected chi connectivity index (χ1v) is 7.54. The zero-order valence-electron chi connectivity index (χ0n) is 10.7. The van der Waals surface area contributed by atoms with Crippen molar-refractivity contribution >= 4 is 15.6 Å². The minimum atomic E-state index is -3.57. The molecule has 0 saturated heterocycles. The van der Waals surface area contributed by atoms with E-state index in [1.807, 2.05) is 13.8 Å². The van der Waals surface area contributed by atoms with E-state index in [2.05, 4.69) is 0 Å². The third-order valence-corrected chi connectivity index (χ3v) is 4.23. The Morgan fingerprint density at radius 3 is 2.28 bits per heavy atom. The van der Waals surface area contributed by atoms with E-state index in [1.165, 1.54) is 12.1 Å². The average Bonchev–Trinajstić information content (AvgIpc) is 2.28. The van der Waals surface area contributed by atoms with Crippen molar-refractivity contribution in [3.63, 3.8) is 0 Å². The monoisotopic (exact) mass is 269 g/mol. The number of carbonyl (C=O) groups excluding carboxylic acids is 1. The summed E-state index contributed by atoms with van der Waals surface area (Å²) in [5, 5.41) is 0. The predicted molar refractivity (Wildman–Crippen MR) is 70.9 cm³/mol. The molecule has 4 nitrogen and oxygen atoms in total. The Kier molecular flexibility index (Phi) is 5.04. The van der Waals surface area contributed by atoms with Gasteiger partial charge < -0.3 is 5.73 Å². The van der Waals surface area contributed by atoms with E-state index >= 15 is 0 Å². The van der Waals surface area contributed by atoms with Crippen LogP contribution in [0.1, 0.15) is 20.3 Å². The van der Waals surface area contributed by atoms with Crippen LogP contribution in [-0.4, -0.2) is 26.0 Å². The minimum absolute atomic E-state index is 0.162. The second kappa shape index (κ2) is 6.11. The molecular weight excluding hydrogens is 250 g/mol. The van der Waals surface area contributed by atoms with Crippen molar-refractivity contribution in [2.24, 2.45) is 11.7 Å². The van der Waals surface area contributed by atoms with Crippen LogP contribution in [0.3, 0.4) is 0 Å². The number of nitrogens with two attached hydrogens (primary N) is 1. The van der Waals surface area contributed by atoms with Gasteiger partial charge in [-0.1, -0.05) is 32.0 Å². The van der Waals surface area contributed by atoms with E-state index in [0.29, 0.717) is 6.42 Å². The molecule has 0 aromatic heterocycles. The number of Topliss-reactive ketones (excluding diaryl/α,β-unsaturated/α-hetero) is 1. The largest absolute Gasteiger partial charge is 0.321 e. The number of hydrogen-bond donors (Lipinski definition) is 1. The van der Waals surface area contributed by atoms with Crippen molar-refractivity contribution < 1.29 is 13.2 Å². The summed E-state index contributed by atoms with van der Waals surface area (Å²) in [4.78, 5) is 11.9. The van der Waals surface area contributed by atoms with Crippen molar-refractivity contribution in [2.45, 2.75) is 31.2 Å². The zero-order valence-corrected chi connectivity index (χ0v) is 11.5. The Balaban J connectivity index is 2.76. The second-order valence-electron chi connectivity index (χ2n) is 4.77. The molecule has 0 fully saturated rings. The lowest BCUT2D eigenvalue weighted by Gasteiger charge is -2.13. The lowest BCUT2D eigenvalue weighted by molar-refractivity contribution is -0.118. The summed E-state index contributed by atoms with van der Waals surface area (Å²) in [5.41, 5.74) is 5.69. The maximum Gasteiger partial charge on any atom is 0.185 e. The van der Waals surface area contributed by atoms with Gasteiger partial charge in [0.15, 0.2) is 15.6 Å². The molecule has 0 aliphatic rings. The van der Waals surface area contributed by atoms with Crippen molar-refractivity contribution in [3.8, 4) is 0 Å². The number of rotatable bonds is 6. The van der Waals surface area contributed by atoms with Crippen LogP contribution in [0.25, 0.3) is 0 Å². The molecule has 1 atom stereocenters. The molecule has 0 bridgehead atoms. The molecule has 18 heavy (non-hydrogen) atoms. The smallest absolute Gasteiger partial charge is 0.185 e. The van der Waals surface area contributed by atoms with Crippen LogP contribution in [-0.2, 0) is 14.6 Å². The first-order chi connectivity index (χ1) is 8.33. The van der Waals surface area contributed by atoms with E-state index in [-0.39, 0.29) is 10.8 Å². The highest BCUT2D eigenvalue weighted by atomic mass is 32.2. The fraction of sp³-hybridized carbons (Fsp3) is 0.462. The second-order valence-corrected chi connectivity index (χ2v) is 6.76. The summed E-state index contributed by atoms with van der Waals surface area (Å²) in [6.07, 6.45) is 0.503. The Morgan fingerprint density at radius 2 is 1.78 bits per heavy atom. The third-order valence-electron chi connectivity index (χ3n) is 2.57. The van der Waals surface area contributed by atoms with Gasteiger partial charge >= 0.3 is 0 Å². The van der Waals surface area contributed by atoms with Gasteiger partial charge in [-0.05, 0) is 24.5 Å². The van der Waals surface area contributed by atoms with Crippen molar-refractivity contribution in [2.75, 3.05) is 5.75 Å². The van der Waals surface area contributed by atoms with E-state index in [0.717, 1.165) is 0 Å². The number of hydrogen-bond acceptors (Lipinski definition) is 4. The molecule has 0 heterocycles.